The van der Waals surface area contributed by atoms with Gasteiger partial charge in [0, 0.05) is 104 Å². The van der Waals surface area contributed by atoms with Gasteiger partial charge < -0.3 is 34.2 Å². The van der Waals surface area contributed by atoms with Crippen molar-refractivity contribution in [3.8, 4) is 16.9 Å². The molecule has 386 valence electrons. The molecule has 3 heterocycles. The Labute approximate surface area is 438 Å². The van der Waals surface area contributed by atoms with Gasteiger partial charge in [-0.15, -0.1) is 0 Å². The Bertz CT molecular complexity index is 3580. The first kappa shape index (κ1) is 51.2. The van der Waals surface area contributed by atoms with Gasteiger partial charge >= 0.3 is 30.0 Å². The Morgan fingerprint density at radius 1 is 0.645 bits per heavy atom. The van der Waals surface area contributed by atoms with Gasteiger partial charge in [-0.25, -0.2) is 19.2 Å². The number of fused-ring (bicyclic) bond motifs is 5. The van der Waals surface area contributed by atoms with Crippen LogP contribution in [0.25, 0.3) is 50.1 Å². The van der Waals surface area contributed by atoms with Crippen LogP contribution in [-0.2, 0) is 23.2 Å². The van der Waals surface area contributed by atoms with Crippen LogP contribution in [0.1, 0.15) is 44.9 Å². The van der Waals surface area contributed by atoms with E-state index in [-0.39, 0.29) is 12.8 Å². The van der Waals surface area contributed by atoms with Crippen molar-refractivity contribution in [3.05, 3.63) is 163 Å². The molecule has 0 saturated carbocycles. The van der Waals surface area contributed by atoms with E-state index in [9.17, 15) is 28.8 Å². The first-order chi connectivity index (χ1) is 36.8. The third-order valence-electron chi connectivity index (χ3n) is 12.8. The van der Waals surface area contributed by atoms with Crippen molar-refractivity contribution in [2.45, 2.75) is 45.6 Å². The van der Waals surface area contributed by atoms with Crippen LogP contribution >= 0.6 is 0 Å². The van der Waals surface area contributed by atoms with Gasteiger partial charge in [0.05, 0.1) is 17.3 Å². The Morgan fingerprint density at radius 3 is 1.92 bits per heavy atom. The van der Waals surface area contributed by atoms with Crippen molar-refractivity contribution in [1.29, 1.82) is 0 Å². The number of ether oxygens (including phenoxy) is 1. The Hall–Kier alpha value is -9.71. The molecule has 0 radical (unpaired) electrons. The summed E-state index contributed by atoms with van der Waals surface area (Å²) in [5.41, 5.74) is 9.07. The predicted octanol–water partition coefficient (Wildman–Crippen LogP) is 10.3. The molecule has 6 N–H and O–H groups in total. The maximum absolute atomic E-state index is 13.1. The van der Waals surface area contributed by atoms with Crippen LogP contribution in [0, 0.1) is 0 Å². The van der Waals surface area contributed by atoms with Gasteiger partial charge in [-0.2, -0.15) is 4.57 Å². The molecule has 2 aromatic heterocycles. The van der Waals surface area contributed by atoms with Gasteiger partial charge in [0.25, 0.3) is 5.52 Å². The maximum Gasteiger partial charge on any atom is 0.374 e. The highest BCUT2D eigenvalue weighted by Crippen LogP contribution is 2.44. The van der Waals surface area contributed by atoms with Crippen molar-refractivity contribution in [2.75, 3.05) is 41.1 Å². The number of aryl methyl sites for hydroxylation is 2. The van der Waals surface area contributed by atoms with Crippen LogP contribution in [0.2, 0.25) is 0 Å². The van der Waals surface area contributed by atoms with Crippen LogP contribution in [-0.4, -0.2) is 61.1 Å². The van der Waals surface area contributed by atoms with E-state index >= 15 is 0 Å². The van der Waals surface area contributed by atoms with E-state index in [0.717, 1.165) is 55.4 Å². The third kappa shape index (κ3) is 11.9. The number of amides is 10. The normalized spacial score (nSPS) is 12.6. The molecule has 76 heavy (non-hydrogen) atoms. The molecule has 6 aromatic carbocycles. The predicted molar refractivity (Wildman–Crippen MR) is 294 cm³/mol. The smallest absolute Gasteiger partial charge is 0.374 e. The van der Waals surface area contributed by atoms with Gasteiger partial charge in [0.2, 0.25) is 23.3 Å². The molecule has 10 amide bonds. The topological polar surface area (TPSA) is 212 Å². The van der Waals surface area contributed by atoms with Gasteiger partial charge in [0.1, 0.15) is 0 Å². The lowest BCUT2D eigenvalue weighted by atomic mass is 10.0. The van der Waals surface area contributed by atoms with Crippen molar-refractivity contribution in [3.63, 3.8) is 0 Å². The van der Waals surface area contributed by atoms with Gasteiger partial charge in [-0.3, -0.25) is 30.9 Å². The zero-order chi connectivity index (χ0) is 53.3. The van der Waals surface area contributed by atoms with Crippen molar-refractivity contribution >= 4 is 97.7 Å². The number of hydrogen-bond donors (Lipinski definition) is 6. The number of oxazole rings is 1. The number of aromatic nitrogens is 2. The van der Waals surface area contributed by atoms with Crippen LogP contribution in [0.4, 0.5) is 41.9 Å². The molecular weight excluding hydrogens is 965 g/mol. The summed E-state index contributed by atoms with van der Waals surface area (Å²) in [6, 6.07) is 40.2. The van der Waals surface area contributed by atoms with Crippen LogP contribution in [0.5, 0.6) is 5.75 Å². The second kappa shape index (κ2) is 23.0. The molecule has 18 heteroatoms. The molecule has 0 saturated heterocycles. The van der Waals surface area contributed by atoms with Gasteiger partial charge in [-0.05, 0) is 72.5 Å². The highest BCUT2D eigenvalue weighted by atomic mass is 16.5. The van der Waals surface area contributed by atoms with E-state index in [1.54, 1.807) is 60.7 Å². The lowest BCUT2D eigenvalue weighted by Crippen LogP contribution is -2.44. The van der Waals surface area contributed by atoms with Gasteiger partial charge in [-0.1, -0.05) is 85.8 Å². The second-order valence-corrected chi connectivity index (χ2v) is 18.3. The first-order valence-electron chi connectivity index (χ1n) is 24.9. The number of carbonyl (C=O) groups is 6. The molecule has 0 bridgehead atoms. The number of rotatable bonds is 15. The summed E-state index contributed by atoms with van der Waals surface area (Å²) in [6.45, 7) is 2.67. The summed E-state index contributed by atoms with van der Waals surface area (Å²) < 4.78 is 17.5. The van der Waals surface area contributed by atoms with E-state index in [4.69, 9.17) is 9.15 Å². The maximum atomic E-state index is 13.1. The molecule has 0 atom stereocenters. The Balaban J connectivity index is 0.981. The van der Waals surface area contributed by atoms with Crippen molar-refractivity contribution in [2.24, 2.45) is 7.05 Å². The molecule has 0 aliphatic carbocycles. The monoisotopic (exact) mass is 1020 g/mol. The minimum Gasteiger partial charge on any atom is -0.439 e. The lowest BCUT2D eigenvalue weighted by Gasteiger charge is -2.20. The summed E-state index contributed by atoms with van der Waals surface area (Å²) in [5.74, 6) is 0.493. The van der Waals surface area contributed by atoms with E-state index in [1.165, 1.54) is 0 Å². The van der Waals surface area contributed by atoms with E-state index in [1.807, 2.05) is 92.2 Å². The van der Waals surface area contributed by atoms with Crippen molar-refractivity contribution < 1.29 is 42.5 Å². The number of nitrogens with zero attached hydrogens (tertiary/aromatic N) is 4. The summed E-state index contributed by atoms with van der Waals surface area (Å²) >= 11 is 0. The van der Waals surface area contributed by atoms with Crippen molar-refractivity contribution in [1.82, 2.24) is 25.8 Å². The zero-order valence-electron chi connectivity index (χ0n) is 42.4. The minimum atomic E-state index is -0.948. The summed E-state index contributed by atoms with van der Waals surface area (Å²) in [7, 11) is 6.00. The average Bonchev–Trinajstić information content (AvgIpc) is 4.03. The summed E-state index contributed by atoms with van der Waals surface area (Å²) in [6.07, 6.45) is 4.97. The fourth-order valence-electron chi connectivity index (χ4n) is 9.18. The number of imide groups is 4. The fraction of sp³-hybridized carbons (Fsp3) is 0.190. The van der Waals surface area contributed by atoms with Crippen LogP contribution < -0.4 is 51.0 Å². The number of nitrogens with one attached hydrogen (secondary N) is 6. The minimum absolute atomic E-state index is 0.0356. The van der Waals surface area contributed by atoms with E-state index in [2.05, 4.69) is 77.8 Å². The molecule has 0 fully saturated rings. The highest BCUT2D eigenvalue weighted by Gasteiger charge is 2.29. The van der Waals surface area contributed by atoms with Gasteiger partial charge in [0.15, 0.2) is 12.3 Å². The molecule has 1 aliphatic rings. The number of para-hydroxylation sites is 4. The molecule has 9 rings (SSSR count). The van der Waals surface area contributed by atoms with E-state index in [0.29, 0.717) is 66.8 Å². The molecule has 0 spiro atoms. The number of carbonyl (C=O) groups excluding carboxylic acids is 6. The molecule has 8 aromatic rings. The highest BCUT2D eigenvalue weighted by molar-refractivity contribution is 6.11. The average molecular weight is 1020 g/mol. The number of allylic oxidation sites excluding steroid dienone is 2. The van der Waals surface area contributed by atoms with E-state index < -0.39 is 35.9 Å². The fourth-order valence-corrected chi connectivity index (χ4v) is 9.18. The second-order valence-electron chi connectivity index (χ2n) is 18.3. The lowest BCUT2D eigenvalue weighted by molar-refractivity contribution is -0.678. The molecular formula is C58H57N10O8+. The Kier molecular flexibility index (Phi) is 15.5. The van der Waals surface area contributed by atoms with Crippen LogP contribution in [0.15, 0.2) is 161 Å². The number of urea groups is 4. The Morgan fingerprint density at radius 2 is 1.26 bits per heavy atom. The standard InChI is InChI=1S/C58H56N10O8/c1-5-37(32-53-67(30-16-26-51(69)61-57(73)63-55(71)59-39-18-8-6-9-19-39)47-34-38(28-29-49(47)75-53)41-22-12-14-24-44(41)65(2)3)33-54-68(31-17-27-52(70)62-58(74)64-56(72)60-40-20-10-7-11-21-40)48-35-43-42-23-13-15-25-45(42)66(4)46(43)36-50(48)76-54/h6-15,18-25,28-29,32-36H,5,16-17,26-27,30-31H2,1-4H3,(H5-,59,60,61,62,63,64,69,70,71,72,73,74)/p+1. The largest absolute Gasteiger partial charge is 0.439 e. The molecule has 18 nitrogen and oxygen atoms in total. The quantitative estimate of drug-likeness (QED) is 0.0535. The summed E-state index contributed by atoms with van der Waals surface area (Å²) in [5, 5.41) is 16.0. The molecule has 0 unspecified atom stereocenters. The zero-order valence-corrected chi connectivity index (χ0v) is 42.4. The first-order valence-corrected chi connectivity index (χ1v) is 24.9. The number of anilines is 4. The number of benzene rings is 6. The summed E-state index contributed by atoms with van der Waals surface area (Å²) in [4.78, 5) is 80.4. The third-order valence-corrected chi connectivity index (χ3v) is 12.8. The number of hydrogen-bond acceptors (Lipinski definition) is 10. The SMILES string of the molecule is CCC(=Cc1oc2cc3c(cc2[n+]1CCCC(=O)NC(=O)NC(=O)Nc1ccccc1)c1ccccc1n3C)C=C1Oc2ccc(-c3ccccc3N(C)C)cc2N1CCCC(=O)NC(=O)NC(=O)Nc1ccccc1. The molecule has 1 aliphatic heterocycles. The van der Waals surface area contributed by atoms with Crippen LogP contribution in [0.3, 0.4) is 0 Å².